The van der Waals surface area contributed by atoms with Crippen LogP contribution in [0.1, 0.15) is 22.9 Å². The highest BCUT2D eigenvalue weighted by molar-refractivity contribution is 7.09. The normalized spacial score (nSPS) is 12.6. The Balaban J connectivity index is 2.04. The van der Waals surface area contributed by atoms with E-state index in [0.29, 0.717) is 6.04 Å². The molecule has 3 N–H and O–H groups in total. The highest BCUT2D eigenvalue weighted by atomic mass is 32.1. The van der Waals surface area contributed by atoms with Crippen LogP contribution in [0.5, 0.6) is 0 Å². The number of likely N-dealkylation sites (N-methyl/N-ethyl adjacent to an activating group) is 1. The molecule has 20 heavy (non-hydrogen) atoms. The molecule has 0 saturated heterocycles. The molecule has 0 bridgehead atoms. The number of hydrogen-bond donors (Lipinski definition) is 2. The van der Waals surface area contributed by atoms with Crippen LogP contribution in [-0.4, -0.2) is 23.8 Å². The lowest BCUT2D eigenvalue weighted by atomic mass is 10.1. The molecule has 1 heterocycles. The highest BCUT2D eigenvalue weighted by Gasteiger charge is 2.13. The van der Waals surface area contributed by atoms with Crippen LogP contribution in [-0.2, 0) is 13.0 Å². The lowest BCUT2D eigenvalue weighted by molar-refractivity contribution is 0.249. The molecule has 1 aromatic heterocycles. The van der Waals surface area contributed by atoms with Gasteiger partial charge in [-0.3, -0.25) is 10.3 Å². The fraction of sp³-hybridized carbons (Fsp3) is 0.312. The predicted octanol–water partition coefficient (Wildman–Crippen LogP) is 3.10. The topological polar surface area (TPSA) is 53.1 Å². The van der Waals surface area contributed by atoms with Gasteiger partial charge in [-0.2, -0.15) is 0 Å². The Morgan fingerprint density at radius 1 is 1.30 bits per heavy atom. The van der Waals surface area contributed by atoms with E-state index < -0.39 is 0 Å². The molecule has 4 heteroatoms. The van der Waals surface area contributed by atoms with E-state index in [1.165, 1.54) is 4.88 Å². The number of nitrogens with two attached hydrogens (primary N) is 1. The summed E-state index contributed by atoms with van der Waals surface area (Å²) in [5.74, 6) is 0.139. The zero-order chi connectivity index (χ0) is 14.5. The molecule has 2 aromatic rings. The molecule has 0 aliphatic rings. The summed E-state index contributed by atoms with van der Waals surface area (Å²) in [5, 5.41) is 9.77. The molecule has 0 saturated carbocycles. The summed E-state index contributed by atoms with van der Waals surface area (Å²) in [4.78, 5) is 3.71. The number of nitrogen functional groups attached to an aromatic ring is 1. The zero-order valence-electron chi connectivity index (χ0n) is 12.0. The summed E-state index contributed by atoms with van der Waals surface area (Å²) < 4.78 is 0. The molecule has 1 aromatic carbocycles. The average Bonchev–Trinajstić information content (AvgIpc) is 2.91. The van der Waals surface area contributed by atoms with E-state index in [1.807, 2.05) is 24.3 Å². The maximum absolute atomic E-state index is 7.65. The summed E-state index contributed by atoms with van der Waals surface area (Å²) in [6, 6.07) is 12.6. The molecule has 0 aliphatic heterocycles. The van der Waals surface area contributed by atoms with Crippen molar-refractivity contribution in [3.8, 4) is 0 Å². The summed E-state index contributed by atoms with van der Waals surface area (Å²) in [6.07, 6.45) is 1.05. The second kappa shape index (κ2) is 6.68. The first-order chi connectivity index (χ1) is 9.58. The van der Waals surface area contributed by atoms with Crippen LogP contribution in [0.2, 0.25) is 0 Å². The van der Waals surface area contributed by atoms with Crippen molar-refractivity contribution in [3.05, 3.63) is 57.8 Å². The van der Waals surface area contributed by atoms with Gasteiger partial charge in [-0.25, -0.2) is 0 Å². The summed E-state index contributed by atoms with van der Waals surface area (Å²) >= 11 is 1.80. The summed E-state index contributed by atoms with van der Waals surface area (Å²) in [6.45, 7) is 3.04. The minimum atomic E-state index is 0.139. The van der Waals surface area contributed by atoms with Gasteiger partial charge in [0.1, 0.15) is 5.84 Å². The van der Waals surface area contributed by atoms with Crippen LogP contribution < -0.4 is 5.73 Å². The Hall–Kier alpha value is -1.65. The van der Waals surface area contributed by atoms with E-state index in [0.717, 1.165) is 24.1 Å². The molecule has 0 spiro atoms. The SMILES string of the molecule is CC(Cc1cccs1)N(C)Cc1ccccc1C(=N)N. The van der Waals surface area contributed by atoms with Crippen molar-refractivity contribution in [3.63, 3.8) is 0 Å². The maximum Gasteiger partial charge on any atom is 0.123 e. The van der Waals surface area contributed by atoms with Crippen LogP contribution in [0.4, 0.5) is 0 Å². The van der Waals surface area contributed by atoms with Crippen molar-refractivity contribution in [1.29, 1.82) is 5.41 Å². The third-order valence-corrected chi connectivity index (χ3v) is 4.46. The third-order valence-electron chi connectivity index (χ3n) is 3.56. The number of thiophene rings is 1. The average molecular weight is 287 g/mol. The monoisotopic (exact) mass is 287 g/mol. The van der Waals surface area contributed by atoms with Gasteiger partial charge in [0.05, 0.1) is 0 Å². The van der Waals surface area contributed by atoms with E-state index >= 15 is 0 Å². The molecule has 3 nitrogen and oxygen atoms in total. The van der Waals surface area contributed by atoms with Crippen LogP contribution in [0.25, 0.3) is 0 Å². The van der Waals surface area contributed by atoms with Crippen LogP contribution >= 0.6 is 11.3 Å². The van der Waals surface area contributed by atoms with Gasteiger partial charge in [0.15, 0.2) is 0 Å². The van der Waals surface area contributed by atoms with Crippen LogP contribution in [0.3, 0.4) is 0 Å². The first-order valence-electron chi connectivity index (χ1n) is 6.73. The van der Waals surface area contributed by atoms with E-state index in [9.17, 15) is 0 Å². The zero-order valence-corrected chi connectivity index (χ0v) is 12.8. The van der Waals surface area contributed by atoms with Gasteiger partial charge < -0.3 is 5.73 Å². The third kappa shape index (κ3) is 3.68. The Morgan fingerprint density at radius 2 is 2.05 bits per heavy atom. The largest absolute Gasteiger partial charge is 0.384 e. The quantitative estimate of drug-likeness (QED) is 0.633. The Kier molecular flexibility index (Phi) is 4.93. The number of nitrogens with zero attached hydrogens (tertiary/aromatic N) is 1. The van der Waals surface area contributed by atoms with E-state index in [-0.39, 0.29) is 5.84 Å². The molecule has 0 amide bonds. The number of nitrogens with one attached hydrogen (secondary N) is 1. The number of amidine groups is 1. The van der Waals surface area contributed by atoms with Crippen molar-refractivity contribution in [2.75, 3.05) is 7.05 Å². The van der Waals surface area contributed by atoms with Crippen molar-refractivity contribution in [2.45, 2.75) is 25.9 Å². The van der Waals surface area contributed by atoms with E-state index in [1.54, 1.807) is 11.3 Å². The standard InChI is InChI=1S/C16H21N3S/c1-12(10-14-7-5-9-20-14)19(2)11-13-6-3-4-8-15(13)16(17)18/h3-9,12H,10-11H2,1-2H3,(H3,17,18). The molecule has 1 unspecified atom stereocenters. The Labute approximate surface area is 124 Å². The minimum Gasteiger partial charge on any atom is -0.384 e. The predicted molar refractivity (Wildman–Crippen MR) is 86.4 cm³/mol. The lowest BCUT2D eigenvalue weighted by Crippen LogP contribution is -2.31. The van der Waals surface area contributed by atoms with Crippen molar-refractivity contribution in [2.24, 2.45) is 5.73 Å². The second-order valence-electron chi connectivity index (χ2n) is 5.12. The minimum absolute atomic E-state index is 0.139. The number of benzene rings is 1. The van der Waals surface area contributed by atoms with E-state index in [2.05, 4.69) is 36.4 Å². The van der Waals surface area contributed by atoms with Gasteiger partial charge in [-0.15, -0.1) is 11.3 Å². The Morgan fingerprint density at radius 3 is 2.70 bits per heavy atom. The summed E-state index contributed by atoms with van der Waals surface area (Å²) in [5.41, 5.74) is 7.59. The molecule has 106 valence electrons. The van der Waals surface area contributed by atoms with Crippen LogP contribution in [0, 0.1) is 5.41 Å². The van der Waals surface area contributed by atoms with Gasteiger partial charge >= 0.3 is 0 Å². The first kappa shape index (κ1) is 14.8. The van der Waals surface area contributed by atoms with Gasteiger partial charge in [-0.05, 0) is 37.4 Å². The molecule has 0 aliphatic carbocycles. The van der Waals surface area contributed by atoms with Gasteiger partial charge in [0.25, 0.3) is 0 Å². The number of hydrogen-bond acceptors (Lipinski definition) is 3. The van der Waals surface area contributed by atoms with E-state index in [4.69, 9.17) is 11.1 Å². The fourth-order valence-corrected chi connectivity index (χ4v) is 3.05. The molecular formula is C16H21N3S. The smallest absolute Gasteiger partial charge is 0.123 e. The second-order valence-corrected chi connectivity index (χ2v) is 6.15. The molecule has 0 fully saturated rings. The van der Waals surface area contributed by atoms with Crippen LogP contribution in [0.15, 0.2) is 41.8 Å². The van der Waals surface area contributed by atoms with Gasteiger partial charge in [0, 0.05) is 23.0 Å². The molecule has 1 atom stereocenters. The van der Waals surface area contributed by atoms with Gasteiger partial charge in [-0.1, -0.05) is 30.3 Å². The molecular weight excluding hydrogens is 266 g/mol. The van der Waals surface area contributed by atoms with Gasteiger partial charge in [0.2, 0.25) is 0 Å². The van der Waals surface area contributed by atoms with Crippen molar-refractivity contribution >= 4 is 17.2 Å². The molecule has 0 radical (unpaired) electrons. The highest BCUT2D eigenvalue weighted by Crippen LogP contribution is 2.16. The van der Waals surface area contributed by atoms with Crippen molar-refractivity contribution < 1.29 is 0 Å². The number of rotatable bonds is 6. The van der Waals surface area contributed by atoms with Crippen molar-refractivity contribution in [1.82, 2.24) is 4.90 Å². The molecule has 2 rings (SSSR count). The first-order valence-corrected chi connectivity index (χ1v) is 7.61. The summed E-state index contributed by atoms with van der Waals surface area (Å²) in [7, 11) is 2.12. The lowest BCUT2D eigenvalue weighted by Gasteiger charge is -2.25. The Bertz CT molecular complexity index is 563. The fourth-order valence-electron chi connectivity index (χ4n) is 2.22. The maximum atomic E-state index is 7.65.